The number of fused-ring (bicyclic) bond motifs is 1. The van der Waals surface area contributed by atoms with Crippen molar-refractivity contribution in [3.05, 3.63) is 117 Å². The van der Waals surface area contributed by atoms with Gasteiger partial charge in [0, 0.05) is 19.1 Å². The minimum atomic E-state index is 0.288. The summed E-state index contributed by atoms with van der Waals surface area (Å²) in [6, 6.07) is 6.73. The Bertz CT molecular complexity index is 1450. The zero-order valence-electron chi connectivity index (χ0n) is 34.6. The van der Waals surface area contributed by atoms with Gasteiger partial charge in [0.25, 0.3) is 0 Å². The summed E-state index contributed by atoms with van der Waals surface area (Å²) in [6.07, 6.45) is 31.6. The van der Waals surface area contributed by atoms with E-state index < -0.39 is 0 Å². The van der Waals surface area contributed by atoms with E-state index in [1.807, 2.05) is 0 Å². The highest BCUT2D eigenvalue weighted by atomic mass is 16.7. The number of nitrogens with zero attached hydrogens (tertiary/aromatic N) is 1. The Hall–Kier alpha value is -3.30. The zero-order valence-corrected chi connectivity index (χ0v) is 34.6. The molecule has 1 aliphatic heterocycles. The fraction of sp³-hybridized carbons (Fsp3) is 0.542. The molecule has 0 amide bonds. The first-order valence-electron chi connectivity index (χ1n) is 19.6. The molecule has 1 atom stereocenters. The van der Waals surface area contributed by atoms with Gasteiger partial charge in [-0.05, 0) is 164 Å². The maximum atomic E-state index is 5.78. The summed E-state index contributed by atoms with van der Waals surface area (Å²) in [7, 11) is 0. The van der Waals surface area contributed by atoms with Crippen LogP contribution in [-0.2, 0) is 6.54 Å². The Morgan fingerprint density at radius 1 is 0.549 bits per heavy atom. The molecule has 0 aliphatic carbocycles. The van der Waals surface area contributed by atoms with Crippen LogP contribution >= 0.6 is 0 Å². The van der Waals surface area contributed by atoms with E-state index in [2.05, 4.69) is 148 Å². The molecule has 1 heterocycles. The SMILES string of the molecule is CC(C)=CCCC(C)=CCCC(C)=CCC(C=C(C)CCC=C(C)CCC=C(C)C)N(C/C=C(\C)CCC=C(C)C)Cc1ccc2c(c1)OCO2. The second-order valence-corrected chi connectivity index (χ2v) is 15.7. The van der Waals surface area contributed by atoms with Crippen molar-refractivity contribution in [3.8, 4) is 11.5 Å². The van der Waals surface area contributed by atoms with Crippen molar-refractivity contribution in [2.75, 3.05) is 13.3 Å². The minimum absolute atomic E-state index is 0.288. The monoisotopic (exact) mass is 696 g/mol. The first-order chi connectivity index (χ1) is 24.3. The number of rotatable bonds is 23. The summed E-state index contributed by atoms with van der Waals surface area (Å²) in [5.74, 6) is 1.70. The van der Waals surface area contributed by atoms with Crippen LogP contribution in [0, 0.1) is 0 Å². The Morgan fingerprint density at radius 3 is 1.53 bits per heavy atom. The molecule has 282 valence electrons. The van der Waals surface area contributed by atoms with Crippen molar-refractivity contribution in [1.29, 1.82) is 0 Å². The summed E-state index contributed by atoms with van der Waals surface area (Å²) in [5.41, 5.74) is 12.9. The Balaban J connectivity index is 2.32. The number of allylic oxidation sites excluding steroid dienone is 13. The van der Waals surface area contributed by atoms with Crippen molar-refractivity contribution in [2.24, 2.45) is 0 Å². The summed E-state index contributed by atoms with van der Waals surface area (Å²) in [4.78, 5) is 2.66. The van der Waals surface area contributed by atoms with Gasteiger partial charge >= 0.3 is 0 Å². The lowest BCUT2D eigenvalue weighted by Crippen LogP contribution is -2.34. The van der Waals surface area contributed by atoms with Crippen LogP contribution in [-0.4, -0.2) is 24.3 Å². The lowest BCUT2D eigenvalue weighted by atomic mass is 10.00. The Morgan fingerprint density at radius 2 is 1.00 bits per heavy atom. The largest absolute Gasteiger partial charge is 0.454 e. The third-order valence-electron chi connectivity index (χ3n) is 9.49. The normalized spacial score (nSPS) is 14.5. The van der Waals surface area contributed by atoms with E-state index in [-0.39, 0.29) is 6.04 Å². The van der Waals surface area contributed by atoms with E-state index in [9.17, 15) is 0 Å². The molecule has 2 rings (SSSR count). The van der Waals surface area contributed by atoms with Gasteiger partial charge in [-0.1, -0.05) is 99.3 Å². The van der Waals surface area contributed by atoms with Crippen LogP contribution in [0.2, 0.25) is 0 Å². The number of ether oxygens (including phenoxy) is 2. The van der Waals surface area contributed by atoms with Crippen molar-refractivity contribution >= 4 is 0 Å². The van der Waals surface area contributed by atoms with Crippen LogP contribution in [0.25, 0.3) is 0 Å². The van der Waals surface area contributed by atoms with Crippen LogP contribution in [0.1, 0.15) is 152 Å². The number of hydrogen-bond donors (Lipinski definition) is 0. The third kappa shape index (κ3) is 20.4. The predicted octanol–water partition coefficient (Wildman–Crippen LogP) is 14.5. The van der Waals surface area contributed by atoms with Gasteiger partial charge < -0.3 is 9.47 Å². The summed E-state index contributed by atoms with van der Waals surface area (Å²) >= 11 is 0. The molecule has 0 radical (unpaired) electrons. The highest BCUT2D eigenvalue weighted by molar-refractivity contribution is 5.44. The van der Waals surface area contributed by atoms with E-state index in [1.54, 1.807) is 0 Å². The molecule has 1 aliphatic rings. The van der Waals surface area contributed by atoms with E-state index in [0.29, 0.717) is 6.79 Å². The topological polar surface area (TPSA) is 21.7 Å². The van der Waals surface area contributed by atoms with Crippen LogP contribution in [0.4, 0.5) is 0 Å². The fourth-order valence-corrected chi connectivity index (χ4v) is 6.19. The van der Waals surface area contributed by atoms with Gasteiger partial charge in [-0.25, -0.2) is 0 Å². The summed E-state index contributed by atoms with van der Waals surface area (Å²) in [5, 5.41) is 0. The molecule has 0 bridgehead atoms. The van der Waals surface area contributed by atoms with E-state index in [4.69, 9.17) is 9.47 Å². The van der Waals surface area contributed by atoms with Crippen LogP contribution in [0.3, 0.4) is 0 Å². The molecule has 0 saturated carbocycles. The fourth-order valence-electron chi connectivity index (χ4n) is 6.19. The van der Waals surface area contributed by atoms with Gasteiger partial charge in [0.1, 0.15) is 0 Å². The smallest absolute Gasteiger partial charge is 0.231 e. The van der Waals surface area contributed by atoms with Crippen molar-refractivity contribution < 1.29 is 9.47 Å². The molecule has 51 heavy (non-hydrogen) atoms. The van der Waals surface area contributed by atoms with E-state index >= 15 is 0 Å². The predicted molar refractivity (Wildman–Crippen MR) is 225 cm³/mol. The molecule has 0 aromatic heterocycles. The maximum Gasteiger partial charge on any atom is 0.231 e. The van der Waals surface area contributed by atoms with Gasteiger partial charge in [0.05, 0.1) is 0 Å². The minimum Gasteiger partial charge on any atom is -0.454 e. The van der Waals surface area contributed by atoms with Gasteiger partial charge in [-0.15, -0.1) is 0 Å². The highest BCUT2D eigenvalue weighted by Gasteiger charge is 2.19. The van der Waals surface area contributed by atoms with Crippen molar-refractivity contribution in [1.82, 2.24) is 4.90 Å². The van der Waals surface area contributed by atoms with Crippen molar-refractivity contribution in [3.63, 3.8) is 0 Å². The first-order valence-corrected chi connectivity index (χ1v) is 19.6. The molecule has 1 aromatic rings. The Kier molecular flexibility index (Phi) is 21.3. The summed E-state index contributed by atoms with van der Waals surface area (Å²) < 4.78 is 11.4. The highest BCUT2D eigenvalue weighted by Crippen LogP contribution is 2.33. The molecule has 1 unspecified atom stereocenters. The molecular weight excluding hydrogens is 623 g/mol. The lowest BCUT2D eigenvalue weighted by Gasteiger charge is -2.30. The molecule has 0 fully saturated rings. The van der Waals surface area contributed by atoms with E-state index in [1.165, 1.54) is 50.1 Å². The quantitative estimate of drug-likeness (QED) is 0.106. The second kappa shape index (κ2) is 24.8. The average Bonchev–Trinajstić information content (AvgIpc) is 3.52. The lowest BCUT2D eigenvalue weighted by molar-refractivity contribution is 0.174. The van der Waals surface area contributed by atoms with Gasteiger partial charge in [0.2, 0.25) is 6.79 Å². The van der Waals surface area contributed by atoms with Crippen LogP contribution in [0.5, 0.6) is 11.5 Å². The van der Waals surface area contributed by atoms with Crippen LogP contribution < -0.4 is 9.47 Å². The molecule has 0 spiro atoms. The van der Waals surface area contributed by atoms with Crippen molar-refractivity contribution in [2.45, 2.75) is 159 Å². The molecule has 3 heteroatoms. The van der Waals surface area contributed by atoms with Gasteiger partial charge in [-0.2, -0.15) is 0 Å². The molecule has 1 aromatic carbocycles. The Labute approximate surface area is 314 Å². The third-order valence-corrected chi connectivity index (χ3v) is 9.49. The summed E-state index contributed by atoms with van der Waals surface area (Å²) in [6.45, 7) is 26.7. The van der Waals surface area contributed by atoms with Crippen LogP contribution in [0.15, 0.2) is 111 Å². The zero-order chi connectivity index (χ0) is 37.6. The van der Waals surface area contributed by atoms with Gasteiger partial charge in [0.15, 0.2) is 11.5 Å². The molecule has 3 nitrogen and oxygen atoms in total. The number of benzene rings is 1. The maximum absolute atomic E-state index is 5.78. The first kappa shape index (κ1) is 43.9. The molecule has 0 N–H and O–H groups in total. The van der Waals surface area contributed by atoms with Gasteiger partial charge in [-0.3, -0.25) is 4.90 Å². The average molecular weight is 696 g/mol. The standard InChI is InChI=1S/C48H73NO2/c1-37(2)17-12-20-40(7)23-15-25-42(9)27-29-46(33-44(11)26-16-24-41(8)21-13-18-38(3)4)49(32-31-43(10)22-14-19-39(5)6)35-45-28-30-47-48(34-45)51-36-50-47/h17-19,23-24,27-28,30-31,33-34,46H,12-16,20-22,25-26,29,32,35-36H2,1-11H3/b40-23?,41-24?,42-27?,43-31+,44-33?. The molecular formula is C48H73NO2. The number of hydrogen-bond acceptors (Lipinski definition) is 3. The second-order valence-electron chi connectivity index (χ2n) is 15.7. The molecule has 0 saturated heterocycles. The van der Waals surface area contributed by atoms with E-state index in [0.717, 1.165) is 95.2 Å².